The molecular weight excluding hydrogens is 336 g/mol. The normalized spacial score (nSPS) is 16.7. The highest BCUT2D eigenvalue weighted by Crippen LogP contribution is 2.30. The van der Waals surface area contributed by atoms with E-state index in [1.54, 1.807) is 0 Å². The number of hydrogen-bond acceptors (Lipinski definition) is 3. The van der Waals surface area contributed by atoms with E-state index in [2.05, 4.69) is 50.0 Å². The molecule has 1 fully saturated rings. The molecule has 0 N–H and O–H groups in total. The third-order valence-electron chi connectivity index (χ3n) is 4.80. The Morgan fingerprint density at radius 3 is 2.37 bits per heavy atom. The molecule has 1 saturated heterocycles. The van der Waals surface area contributed by atoms with Crippen LogP contribution in [0.1, 0.15) is 77.8 Å². The summed E-state index contributed by atoms with van der Waals surface area (Å²) in [4.78, 5) is 18.8. The fourth-order valence-electron chi connectivity index (χ4n) is 3.26. The Bertz CT molecular complexity index is 645. The van der Waals surface area contributed by atoms with E-state index in [1.165, 1.54) is 11.1 Å². The molecular formula is C23H36N2O2. The van der Waals surface area contributed by atoms with E-state index < -0.39 is 5.60 Å². The second-order valence-corrected chi connectivity index (χ2v) is 9.72. The van der Waals surface area contributed by atoms with Crippen LogP contribution in [-0.4, -0.2) is 42.4 Å². The average molecular weight is 373 g/mol. The Morgan fingerprint density at radius 1 is 1.15 bits per heavy atom. The first-order chi connectivity index (χ1) is 12.6. The highest BCUT2D eigenvalue weighted by Gasteiger charge is 2.28. The summed E-state index contributed by atoms with van der Waals surface area (Å²) in [5.41, 5.74) is 2.43. The molecule has 1 aliphatic rings. The van der Waals surface area contributed by atoms with Gasteiger partial charge in [-0.15, -0.1) is 0 Å². The third-order valence-corrected chi connectivity index (χ3v) is 4.80. The SMILES string of the molecule is CC(C)(C)CCN=Cc1ccccc1C1CCN(C(=O)OC(C)(C)C)CC1. The Morgan fingerprint density at radius 2 is 1.78 bits per heavy atom. The Kier molecular flexibility index (Phi) is 7.07. The smallest absolute Gasteiger partial charge is 0.410 e. The topological polar surface area (TPSA) is 41.9 Å². The third kappa shape index (κ3) is 7.36. The number of likely N-dealkylation sites (tertiary alicyclic amines) is 1. The maximum absolute atomic E-state index is 12.3. The monoisotopic (exact) mass is 372 g/mol. The fourth-order valence-corrected chi connectivity index (χ4v) is 3.26. The molecule has 0 atom stereocenters. The molecule has 4 heteroatoms. The van der Waals surface area contributed by atoms with Crippen LogP contribution < -0.4 is 0 Å². The van der Waals surface area contributed by atoms with E-state index in [1.807, 2.05) is 31.9 Å². The van der Waals surface area contributed by atoms with Gasteiger partial charge in [0.1, 0.15) is 5.60 Å². The predicted molar refractivity (Wildman–Crippen MR) is 113 cm³/mol. The molecule has 1 aromatic carbocycles. The lowest BCUT2D eigenvalue weighted by molar-refractivity contribution is 0.0205. The number of ether oxygens (including phenoxy) is 1. The maximum Gasteiger partial charge on any atom is 0.410 e. The summed E-state index contributed by atoms with van der Waals surface area (Å²) >= 11 is 0. The van der Waals surface area contributed by atoms with E-state index in [0.29, 0.717) is 11.3 Å². The summed E-state index contributed by atoms with van der Waals surface area (Å²) in [7, 11) is 0. The Hall–Kier alpha value is -1.84. The number of carbonyl (C=O) groups is 1. The van der Waals surface area contributed by atoms with Crippen LogP contribution in [0.3, 0.4) is 0 Å². The summed E-state index contributed by atoms with van der Waals surface area (Å²) in [6.07, 6.45) is 4.84. The van der Waals surface area contributed by atoms with Gasteiger partial charge in [0, 0.05) is 25.8 Å². The van der Waals surface area contributed by atoms with Crippen LogP contribution in [0, 0.1) is 5.41 Å². The lowest BCUT2D eigenvalue weighted by Crippen LogP contribution is -2.41. The van der Waals surface area contributed by atoms with Gasteiger partial charge in [0.25, 0.3) is 0 Å². The maximum atomic E-state index is 12.3. The number of carbonyl (C=O) groups excluding carboxylic acids is 1. The van der Waals surface area contributed by atoms with Crippen LogP contribution in [0.5, 0.6) is 0 Å². The molecule has 1 amide bonds. The van der Waals surface area contributed by atoms with Crippen LogP contribution in [0.4, 0.5) is 4.79 Å². The largest absolute Gasteiger partial charge is 0.444 e. The van der Waals surface area contributed by atoms with Gasteiger partial charge in [0.2, 0.25) is 0 Å². The van der Waals surface area contributed by atoms with E-state index in [9.17, 15) is 4.79 Å². The minimum Gasteiger partial charge on any atom is -0.444 e. The first-order valence-electron chi connectivity index (χ1n) is 10.1. The molecule has 0 spiro atoms. The van der Waals surface area contributed by atoms with Crippen LogP contribution in [0.25, 0.3) is 0 Å². The molecule has 0 saturated carbocycles. The van der Waals surface area contributed by atoms with Crippen molar-refractivity contribution in [2.45, 2.75) is 72.3 Å². The molecule has 0 bridgehead atoms. The van der Waals surface area contributed by atoms with Crippen LogP contribution in [-0.2, 0) is 4.74 Å². The van der Waals surface area contributed by atoms with Gasteiger partial charge in [-0.2, -0.15) is 0 Å². The Balaban J connectivity index is 1.96. The molecule has 1 heterocycles. The highest BCUT2D eigenvalue weighted by molar-refractivity contribution is 5.82. The van der Waals surface area contributed by atoms with Crippen molar-refractivity contribution in [3.63, 3.8) is 0 Å². The van der Waals surface area contributed by atoms with Crippen LogP contribution >= 0.6 is 0 Å². The van der Waals surface area contributed by atoms with Gasteiger partial charge < -0.3 is 9.64 Å². The predicted octanol–water partition coefficient (Wildman–Crippen LogP) is 5.66. The molecule has 0 radical (unpaired) electrons. The van der Waals surface area contributed by atoms with Gasteiger partial charge in [0.15, 0.2) is 0 Å². The van der Waals surface area contributed by atoms with Gasteiger partial charge in [-0.05, 0) is 62.5 Å². The van der Waals surface area contributed by atoms with Gasteiger partial charge in [0.05, 0.1) is 0 Å². The number of benzene rings is 1. The minimum absolute atomic E-state index is 0.196. The van der Waals surface area contributed by atoms with E-state index in [-0.39, 0.29) is 6.09 Å². The van der Waals surface area contributed by atoms with Gasteiger partial charge in [-0.25, -0.2) is 4.79 Å². The lowest BCUT2D eigenvalue weighted by atomic mass is 9.87. The zero-order valence-electron chi connectivity index (χ0n) is 17.9. The van der Waals surface area contributed by atoms with Crippen molar-refractivity contribution in [3.8, 4) is 0 Å². The summed E-state index contributed by atoms with van der Waals surface area (Å²) in [6.45, 7) is 14.8. The number of piperidine rings is 1. The molecule has 1 aliphatic heterocycles. The zero-order chi connectivity index (χ0) is 20.1. The van der Waals surface area contributed by atoms with E-state index in [0.717, 1.165) is 38.9 Å². The molecule has 2 rings (SSSR count). The summed E-state index contributed by atoms with van der Waals surface area (Å²) in [6, 6.07) is 8.53. The lowest BCUT2D eigenvalue weighted by Gasteiger charge is -2.34. The molecule has 0 unspecified atom stereocenters. The summed E-state index contributed by atoms with van der Waals surface area (Å²) < 4.78 is 5.50. The number of hydrogen-bond donors (Lipinski definition) is 0. The minimum atomic E-state index is -0.440. The van der Waals surface area contributed by atoms with Crippen molar-refractivity contribution < 1.29 is 9.53 Å². The fraction of sp³-hybridized carbons (Fsp3) is 0.652. The number of nitrogens with zero attached hydrogens (tertiary/aromatic N) is 2. The molecule has 27 heavy (non-hydrogen) atoms. The number of aliphatic imine (C=N–C) groups is 1. The second kappa shape index (κ2) is 8.90. The van der Waals surface area contributed by atoms with E-state index in [4.69, 9.17) is 4.74 Å². The van der Waals surface area contributed by atoms with Crippen molar-refractivity contribution in [2.75, 3.05) is 19.6 Å². The zero-order valence-corrected chi connectivity index (χ0v) is 17.9. The molecule has 0 aliphatic carbocycles. The van der Waals surface area contributed by atoms with Crippen molar-refractivity contribution in [1.29, 1.82) is 0 Å². The highest BCUT2D eigenvalue weighted by atomic mass is 16.6. The van der Waals surface area contributed by atoms with Crippen molar-refractivity contribution in [3.05, 3.63) is 35.4 Å². The average Bonchev–Trinajstić information content (AvgIpc) is 2.57. The van der Waals surface area contributed by atoms with Gasteiger partial charge in [-0.3, -0.25) is 4.99 Å². The standard InChI is InChI=1S/C23H36N2O2/c1-22(2,3)13-14-24-17-19-9-7-8-10-20(19)18-11-15-25(16-12-18)21(26)27-23(4,5)6/h7-10,17-18H,11-16H2,1-6H3. The number of amides is 1. The van der Waals surface area contributed by atoms with Crippen molar-refractivity contribution >= 4 is 12.3 Å². The molecule has 4 nitrogen and oxygen atoms in total. The molecule has 0 aromatic heterocycles. The van der Waals surface area contributed by atoms with Crippen molar-refractivity contribution in [1.82, 2.24) is 4.90 Å². The van der Waals surface area contributed by atoms with Crippen LogP contribution in [0.2, 0.25) is 0 Å². The summed E-state index contributed by atoms with van der Waals surface area (Å²) in [5.74, 6) is 0.467. The molecule has 150 valence electrons. The van der Waals surface area contributed by atoms with Crippen molar-refractivity contribution in [2.24, 2.45) is 10.4 Å². The van der Waals surface area contributed by atoms with E-state index >= 15 is 0 Å². The van der Waals surface area contributed by atoms with Gasteiger partial charge in [-0.1, -0.05) is 45.0 Å². The molecule has 1 aromatic rings. The van der Waals surface area contributed by atoms with Gasteiger partial charge >= 0.3 is 6.09 Å². The Labute approximate surface area is 165 Å². The first-order valence-corrected chi connectivity index (χ1v) is 10.1. The quantitative estimate of drug-likeness (QED) is 0.640. The first kappa shape index (κ1) is 21.5. The number of rotatable bonds is 4. The second-order valence-electron chi connectivity index (χ2n) is 9.72. The van der Waals surface area contributed by atoms with Crippen LogP contribution in [0.15, 0.2) is 29.3 Å². The summed E-state index contributed by atoms with van der Waals surface area (Å²) in [5, 5.41) is 0.